The quantitative estimate of drug-likeness (QED) is 0.438. The van der Waals surface area contributed by atoms with Gasteiger partial charge >= 0.3 is 0 Å². The Balaban J connectivity index is 2.02. The van der Waals surface area contributed by atoms with Crippen LogP contribution in [0.3, 0.4) is 0 Å². The van der Waals surface area contributed by atoms with Crippen molar-refractivity contribution < 1.29 is 14.7 Å². The van der Waals surface area contributed by atoms with Crippen LogP contribution in [0.1, 0.15) is 24.5 Å². The highest BCUT2D eigenvalue weighted by Crippen LogP contribution is 2.13. The van der Waals surface area contributed by atoms with E-state index in [0.29, 0.717) is 25.1 Å². The number of hydroxylamine groups is 1. The molecule has 0 spiro atoms. The maximum atomic E-state index is 12.4. The minimum Gasteiger partial charge on any atom is -0.494 e. The van der Waals surface area contributed by atoms with Gasteiger partial charge in [0.25, 0.3) is 11.5 Å². The van der Waals surface area contributed by atoms with Crippen LogP contribution in [0.25, 0.3) is 6.08 Å². The number of aromatic nitrogens is 1. The van der Waals surface area contributed by atoms with Crippen molar-refractivity contribution in [2.45, 2.75) is 26.3 Å². The topological polar surface area (TPSA) is 80.6 Å². The van der Waals surface area contributed by atoms with Crippen LogP contribution in [-0.2, 0) is 17.8 Å². The molecule has 1 aromatic carbocycles. The fourth-order valence-electron chi connectivity index (χ4n) is 2.28. The van der Waals surface area contributed by atoms with Gasteiger partial charge in [-0.05, 0) is 48.7 Å². The van der Waals surface area contributed by atoms with Gasteiger partial charge in [0.1, 0.15) is 5.75 Å². The summed E-state index contributed by atoms with van der Waals surface area (Å²) in [7, 11) is 0. The molecule has 0 aliphatic rings. The highest BCUT2D eigenvalue weighted by atomic mass is 16.5. The summed E-state index contributed by atoms with van der Waals surface area (Å²) in [4.78, 5) is 23.4. The van der Waals surface area contributed by atoms with Crippen molar-refractivity contribution in [2.24, 2.45) is 0 Å². The average molecular weight is 342 g/mol. The molecule has 1 amide bonds. The lowest BCUT2D eigenvalue weighted by Crippen LogP contribution is -2.22. The van der Waals surface area contributed by atoms with Gasteiger partial charge in [-0.15, -0.1) is 0 Å². The van der Waals surface area contributed by atoms with Crippen molar-refractivity contribution in [3.05, 3.63) is 70.2 Å². The van der Waals surface area contributed by atoms with Crippen molar-refractivity contribution in [2.75, 3.05) is 6.61 Å². The molecule has 0 saturated heterocycles. The Morgan fingerprint density at radius 1 is 1.28 bits per heavy atom. The summed E-state index contributed by atoms with van der Waals surface area (Å²) in [6.45, 7) is 3.29. The monoisotopic (exact) mass is 342 g/mol. The van der Waals surface area contributed by atoms with Crippen molar-refractivity contribution >= 4 is 12.0 Å². The molecule has 0 saturated carbocycles. The van der Waals surface area contributed by atoms with Crippen LogP contribution in [0.2, 0.25) is 0 Å². The molecule has 0 aliphatic heterocycles. The summed E-state index contributed by atoms with van der Waals surface area (Å²) < 4.78 is 7.15. The van der Waals surface area contributed by atoms with Crippen LogP contribution in [0, 0.1) is 0 Å². The highest BCUT2D eigenvalue weighted by molar-refractivity contribution is 5.90. The molecule has 2 aromatic rings. The van der Waals surface area contributed by atoms with Crippen LogP contribution in [0.15, 0.2) is 53.5 Å². The van der Waals surface area contributed by atoms with Crippen LogP contribution in [0.5, 0.6) is 5.75 Å². The number of amides is 1. The molecule has 0 radical (unpaired) electrons. The van der Waals surface area contributed by atoms with Gasteiger partial charge in [-0.1, -0.05) is 19.1 Å². The largest absolute Gasteiger partial charge is 0.494 e. The number of nitrogens with one attached hydrogen (secondary N) is 1. The van der Waals surface area contributed by atoms with E-state index in [9.17, 15) is 9.59 Å². The number of benzene rings is 1. The van der Waals surface area contributed by atoms with E-state index in [1.807, 2.05) is 24.3 Å². The molecule has 0 atom stereocenters. The molecule has 1 heterocycles. The normalized spacial score (nSPS) is 10.8. The summed E-state index contributed by atoms with van der Waals surface area (Å²) in [5, 5.41) is 8.47. The van der Waals surface area contributed by atoms with Gasteiger partial charge in [0.15, 0.2) is 0 Å². The number of carbonyl (C=O) groups excluding carboxylic acids is 1. The second-order valence-electron chi connectivity index (χ2n) is 5.51. The molecule has 1 aromatic heterocycles. The molecule has 132 valence electrons. The summed E-state index contributed by atoms with van der Waals surface area (Å²) in [6.07, 6.45) is 5.87. The maximum Gasteiger partial charge on any atom is 0.267 e. The fraction of sp³-hybridized carbons (Fsp3) is 0.263. The number of hydrogen-bond acceptors (Lipinski definition) is 4. The van der Waals surface area contributed by atoms with E-state index in [2.05, 4.69) is 6.92 Å². The molecule has 0 bridgehead atoms. The number of ether oxygens (including phenoxy) is 1. The summed E-state index contributed by atoms with van der Waals surface area (Å²) in [6, 6.07) is 11.2. The van der Waals surface area contributed by atoms with Gasteiger partial charge < -0.3 is 9.30 Å². The van der Waals surface area contributed by atoms with E-state index in [1.54, 1.807) is 22.9 Å². The summed E-state index contributed by atoms with van der Waals surface area (Å²) in [5.74, 6) is 0.164. The van der Waals surface area contributed by atoms with Crippen molar-refractivity contribution in [3.63, 3.8) is 0 Å². The van der Waals surface area contributed by atoms with Crippen LogP contribution in [-0.4, -0.2) is 22.3 Å². The smallest absolute Gasteiger partial charge is 0.267 e. The molecule has 25 heavy (non-hydrogen) atoms. The van der Waals surface area contributed by atoms with Crippen LogP contribution < -0.4 is 15.8 Å². The summed E-state index contributed by atoms with van der Waals surface area (Å²) in [5.41, 5.74) is 2.79. The second kappa shape index (κ2) is 9.44. The minimum atomic E-state index is -0.680. The molecule has 0 unspecified atom stereocenters. The molecular formula is C19H22N2O4. The zero-order valence-corrected chi connectivity index (χ0v) is 14.1. The molecule has 2 rings (SSSR count). The number of rotatable bonds is 8. The van der Waals surface area contributed by atoms with Crippen molar-refractivity contribution in [3.8, 4) is 5.75 Å². The van der Waals surface area contributed by atoms with E-state index in [0.717, 1.165) is 23.8 Å². The minimum absolute atomic E-state index is 0.188. The first-order valence-electron chi connectivity index (χ1n) is 8.17. The number of carbonyl (C=O) groups is 1. The predicted octanol–water partition coefficient (Wildman–Crippen LogP) is 2.40. The third kappa shape index (κ3) is 5.61. The molecule has 2 N–H and O–H groups in total. The van der Waals surface area contributed by atoms with Gasteiger partial charge in [-0.25, -0.2) is 5.48 Å². The van der Waals surface area contributed by atoms with E-state index in [1.165, 1.54) is 11.6 Å². The number of hydrogen-bond donors (Lipinski definition) is 2. The Bertz CT molecular complexity index is 779. The molecule has 6 heteroatoms. The van der Waals surface area contributed by atoms with Gasteiger partial charge in [-0.3, -0.25) is 14.8 Å². The number of nitrogens with zero attached hydrogens (tertiary/aromatic N) is 1. The van der Waals surface area contributed by atoms with Gasteiger partial charge in [0, 0.05) is 24.4 Å². The van der Waals surface area contributed by atoms with Gasteiger partial charge in [0.2, 0.25) is 0 Å². The van der Waals surface area contributed by atoms with Crippen LogP contribution >= 0.6 is 0 Å². The Hall–Kier alpha value is -2.86. The Kier molecular flexibility index (Phi) is 6.98. The lowest BCUT2D eigenvalue weighted by molar-refractivity contribution is -0.124. The van der Waals surface area contributed by atoms with E-state index in [4.69, 9.17) is 9.94 Å². The fourth-order valence-corrected chi connectivity index (χ4v) is 2.28. The molecule has 6 nitrogen and oxygen atoms in total. The zero-order chi connectivity index (χ0) is 18.1. The summed E-state index contributed by atoms with van der Waals surface area (Å²) >= 11 is 0. The van der Waals surface area contributed by atoms with Crippen molar-refractivity contribution in [1.29, 1.82) is 0 Å². The Morgan fingerprint density at radius 2 is 2.04 bits per heavy atom. The van der Waals surface area contributed by atoms with E-state index < -0.39 is 5.91 Å². The number of aryl methyl sites for hydroxylation is 2. The van der Waals surface area contributed by atoms with Crippen LogP contribution in [0.4, 0.5) is 0 Å². The van der Waals surface area contributed by atoms with Gasteiger partial charge in [0.05, 0.1) is 6.61 Å². The first-order chi connectivity index (χ1) is 12.1. The predicted molar refractivity (Wildman–Crippen MR) is 95.6 cm³/mol. The Labute approximate surface area is 146 Å². The van der Waals surface area contributed by atoms with Crippen molar-refractivity contribution in [1.82, 2.24) is 10.0 Å². The third-order valence-electron chi connectivity index (χ3n) is 3.61. The Morgan fingerprint density at radius 3 is 2.72 bits per heavy atom. The SMILES string of the molecule is CCCOc1ccc(CCn2cccc(/C=C/C(=O)NO)c2=O)cc1. The maximum absolute atomic E-state index is 12.4. The molecule has 0 aliphatic carbocycles. The standard InChI is InChI=1S/C19H22N2O4/c1-2-14-25-17-8-5-15(6-9-17)11-13-21-12-3-4-16(19(21)23)7-10-18(22)20-24/h3-10,12,24H,2,11,13-14H2,1H3,(H,20,22)/b10-7+. The number of pyridine rings is 1. The first kappa shape index (κ1) is 18.5. The third-order valence-corrected chi connectivity index (χ3v) is 3.61. The lowest BCUT2D eigenvalue weighted by Gasteiger charge is -2.08. The molecular weight excluding hydrogens is 320 g/mol. The van der Waals surface area contributed by atoms with Gasteiger partial charge in [-0.2, -0.15) is 0 Å². The molecule has 0 fully saturated rings. The highest BCUT2D eigenvalue weighted by Gasteiger charge is 2.02. The zero-order valence-electron chi connectivity index (χ0n) is 14.1. The lowest BCUT2D eigenvalue weighted by atomic mass is 10.1. The van der Waals surface area contributed by atoms with E-state index in [-0.39, 0.29) is 5.56 Å². The first-order valence-corrected chi connectivity index (χ1v) is 8.17. The van der Waals surface area contributed by atoms with E-state index >= 15 is 0 Å². The average Bonchev–Trinajstić information content (AvgIpc) is 2.65. The second-order valence-corrected chi connectivity index (χ2v) is 5.51.